The zero-order chi connectivity index (χ0) is 20.8. The van der Waals surface area contributed by atoms with Gasteiger partial charge in [-0.15, -0.1) is 10.2 Å². The maximum Gasteiger partial charge on any atom is 0.251 e. The molecule has 3 rings (SSSR count). The van der Waals surface area contributed by atoms with Gasteiger partial charge in [0, 0.05) is 11.1 Å². The Bertz CT molecular complexity index is 971. The minimum Gasteiger partial charge on any atom is -0.497 e. The number of amides is 2. The quantitative estimate of drug-likeness (QED) is 0.621. The third kappa shape index (κ3) is 5.17. The van der Waals surface area contributed by atoms with E-state index in [0.29, 0.717) is 21.5 Å². The first-order chi connectivity index (χ1) is 14.0. The lowest BCUT2D eigenvalue weighted by atomic mass is 10.0. The van der Waals surface area contributed by atoms with Gasteiger partial charge in [-0.1, -0.05) is 55.5 Å². The van der Waals surface area contributed by atoms with Crippen molar-refractivity contribution in [1.29, 1.82) is 0 Å². The fourth-order valence-electron chi connectivity index (χ4n) is 2.66. The zero-order valence-corrected chi connectivity index (χ0v) is 17.2. The maximum absolute atomic E-state index is 12.8. The summed E-state index contributed by atoms with van der Waals surface area (Å²) in [7, 11) is 1.56. The molecule has 2 amide bonds. The van der Waals surface area contributed by atoms with Crippen molar-refractivity contribution in [2.24, 2.45) is 5.92 Å². The summed E-state index contributed by atoms with van der Waals surface area (Å²) in [6.07, 6.45) is 0. The van der Waals surface area contributed by atoms with Crippen LogP contribution in [0.5, 0.6) is 5.75 Å². The Labute approximate surface area is 173 Å². The summed E-state index contributed by atoms with van der Waals surface area (Å²) in [4.78, 5) is 25.3. The van der Waals surface area contributed by atoms with E-state index in [1.807, 2.05) is 44.2 Å². The molecule has 1 aromatic heterocycles. The molecule has 0 spiro atoms. The average molecular weight is 410 g/mol. The van der Waals surface area contributed by atoms with Gasteiger partial charge in [0.05, 0.1) is 7.11 Å². The van der Waals surface area contributed by atoms with Crippen LogP contribution in [0.25, 0.3) is 10.6 Å². The highest BCUT2D eigenvalue weighted by atomic mass is 32.1. The van der Waals surface area contributed by atoms with Crippen LogP contribution in [-0.4, -0.2) is 35.2 Å². The van der Waals surface area contributed by atoms with Crippen molar-refractivity contribution in [3.05, 3.63) is 60.2 Å². The van der Waals surface area contributed by atoms with Crippen molar-refractivity contribution in [2.75, 3.05) is 12.4 Å². The Morgan fingerprint density at radius 2 is 1.69 bits per heavy atom. The SMILES string of the molecule is COc1ccc(C(=O)N[C@H](C(=O)Nc2nnc(-c3ccccc3)s2)C(C)C)cc1. The topological polar surface area (TPSA) is 93.2 Å². The van der Waals surface area contributed by atoms with Crippen LogP contribution in [0.2, 0.25) is 0 Å². The van der Waals surface area contributed by atoms with E-state index in [9.17, 15) is 9.59 Å². The number of hydrogen-bond acceptors (Lipinski definition) is 6. The number of nitrogens with one attached hydrogen (secondary N) is 2. The van der Waals surface area contributed by atoms with Gasteiger partial charge in [0.1, 0.15) is 16.8 Å². The average Bonchev–Trinajstić information content (AvgIpc) is 3.20. The van der Waals surface area contributed by atoms with E-state index in [-0.39, 0.29) is 17.7 Å². The molecule has 3 aromatic rings. The highest BCUT2D eigenvalue weighted by Gasteiger charge is 2.25. The second kappa shape index (κ2) is 9.29. The zero-order valence-electron chi connectivity index (χ0n) is 16.4. The van der Waals surface area contributed by atoms with Crippen molar-refractivity contribution < 1.29 is 14.3 Å². The Hall–Kier alpha value is -3.26. The number of carbonyl (C=O) groups excluding carboxylic acids is 2. The summed E-state index contributed by atoms with van der Waals surface area (Å²) in [6, 6.07) is 15.6. The minimum atomic E-state index is -0.714. The van der Waals surface area contributed by atoms with Gasteiger partial charge in [-0.05, 0) is 30.2 Å². The summed E-state index contributed by atoms with van der Waals surface area (Å²) in [5.41, 5.74) is 1.38. The highest BCUT2D eigenvalue weighted by molar-refractivity contribution is 7.18. The standard InChI is InChI=1S/C21H22N4O3S/c1-13(2)17(22-18(26)14-9-11-16(28-3)12-10-14)19(27)23-21-25-24-20(29-21)15-7-5-4-6-8-15/h4-13,17H,1-3H3,(H,22,26)(H,23,25,27)/t17-/m0/s1. The molecule has 0 aliphatic rings. The summed E-state index contributed by atoms with van der Waals surface area (Å²) in [5, 5.41) is 14.8. The molecule has 0 radical (unpaired) electrons. The number of anilines is 1. The first-order valence-electron chi connectivity index (χ1n) is 9.12. The van der Waals surface area contributed by atoms with Gasteiger partial charge < -0.3 is 10.1 Å². The van der Waals surface area contributed by atoms with E-state index in [2.05, 4.69) is 20.8 Å². The fraction of sp³-hybridized carbons (Fsp3) is 0.238. The molecule has 1 atom stereocenters. The predicted molar refractivity (Wildman–Crippen MR) is 113 cm³/mol. The summed E-state index contributed by atoms with van der Waals surface area (Å²) in [5.74, 6) is -0.120. The highest BCUT2D eigenvalue weighted by Crippen LogP contribution is 2.26. The predicted octanol–water partition coefficient (Wildman–Crippen LogP) is 3.61. The van der Waals surface area contributed by atoms with Gasteiger partial charge in [0.15, 0.2) is 0 Å². The molecule has 0 aliphatic carbocycles. The molecule has 1 heterocycles. The lowest BCUT2D eigenvalue weighted by Crippen LogP contribution is -2.47. The number of nitrogens with zero attached hydrogens (tertiary/aromatic N) is 2. The molecule has 0 aliphatic heterocycles. The molecular formula is C21H22N4O3S. The first kappa shape index (κ1) is 20.5. The van der Waals surface area contributed by atoms with Crippen molar-refractivity contribution in [3.63, 3.8) is 0 Å². The normalized spacial score (nSPS) is 11.7. The van der Waals surface area contributed by atoms with Crippen LogP contribution >= 0.6 is 11.3 Å². The monoisotopic (exact) mass is 410 g/mol. The Morgan fingerprint density at radius 1 is 1.00 bits per heavy atom. The van der Waals surface area contributed by atoms with Crippen molar-refractivity contribution in [3.8, 4) is 16.3 Å². The van der Waals surface area contributed by atoms with Gasteiger partial charge in [0.2, 0.25) is 11.0 Å². The van der Waals surface area contributed by atoms with E-state index in [1.165, 1.54) is 11.3 Å². The fourth-order valence-corrected chi connectivity index (χ4v) is 3.41. The van der Waals surface area contributed by atoms with Crippen LogP contribution in [0.1, 0.15) is 24.2 Å². The van der Waals surface area contributed by atoms with Gasteiger partial charge in [0.25, 0.3) is 5.91 Å². The van der Waals surface area contributed by atoms with Crippen LogP contribution < -0.4 is 15.4 Å². The first-order valence-corrected chi connectivity index (χ1v) is 9.94. The Balaban J connectivity index is 1.68. The molecule has 0 saturated heterocycles. The summed E-state index contributed by atoms with van der Waals surface area (Å²) in [6.45, 7) is 3.74. The van der Waals surface area contributed by atoms with E-state index in [4.69, 9.17) is 4.74 Å². The molecule has 0 fully saturated rings. The second-order valence-electron chi connectivity index (χ2n) is 6.69. The van der Waals surface area contributed by atoms with Gasteiger partial charge >= 0.3 is 0 Å². The molecular weight excluding hydrogens is 388 g/mol. The maximum atomic E-state index is 12.8. The third-order valence-corrected chi connectivity index (χ3v) is 5.15. The van der Waals surface area contributed by atoms with Crippen molar-refractivity contribution in [2.45, 2.75) is 19.9 Å². The van der Waals surface area contributed by atoms with Crippen LogP contribution in [0.3, 0.4) is 0 Å². The number of hydrogen-bond donors (Lipinski definition) is 2. The molecule has 0 bridgehead atoms. The van der Waals surface area contributed by atoms with Crippen LogP contribution in [0.15, 0.2) is 54.6 Å². The van der Waals surface area contributed by atoms with Crippen molar-refractivity contribution >= 4 is 28.3 Å². The molecule has 2 aromatic carbocycles. The second-order valence-corrected chi connectivity index (χ2v) is 7.67. The Morgan fingerprint density at radius 3 is 2.31 bits per heavy atom. The number of ether oxygens (including phenoxy) is 1. The lowest BCUT2D eigenvalue weighted by Gasteiger charge is -2.21. The number of rotatable bonds is 7. The minimum absolute atomic E-state index is 0.112. The van der Waals surface area contributed by atoms with Gasteiger partial charge in [-0.3, -0.25) is 14.9 Å². The lowest BCUT2D eigenvalue weighted by molar-refractivity contribution is -0.118. The molecule has 2 N–H and O–H groups in total. The number of benzene rings is 2. The third-order valence-electron chi connectivity index (χ3n) is 4.26. The number of aromatic nitrogens is 2. The number of carbonyl (C=O) groups is 2. The van der Waals surface area contributed by atoms with Crippen LogP contribution in [0.4, 0.5) is 5.13 Å². The molecule has 29 heavy (non-hydrogen) atoms. The van der Waals surface area contributed by atoms with Gasteiger partial charge in [-0.2, -0.15) is 0 Å². The molecule has 8 heteroatoms. The van der Waals surface area contributed by atoms with Crippen LogP contribution in [-0.2, 0) is 4.79 Å². The van der Waals surface area contributed by atoms with E-state index in [0.717, 1.165) is 5.56 Å². The molecule has 150 valence electrons. The van der Waals surface area contributed by atoms with E-state index in [1.54, 1.807) is 31.4 Å². The van der Waals surface area contributed by atoms with E-state index >= 15 is 0 Å². The van der Waals surface area contributed by atoms with Crippen molar-refractivity contribution in [1.82, 2.24) is 15.5 Å². The van der Waals surface area contributed by atoms with E-state index < -0.39 is 6.04 Å². The van der Waals surface area contributed by atoms with Crippen LogP contribution in [0, 0.1) is 5.92 Å². The molecule has 7 nitrogen and oxygen atoms in total. The molecule has 0 unspecified atom stereocenters. The summed E-state index contributed by atoms with van der Waals surface area (Å²) >= 11 is 1.28. The molecule has 0 saturated carbocycles. The number of methoxy groups -OCH3 is 1. The smallest absolute Gasteiger partial charge is 0.251 e. The summed E-state index contributed by atoms with van der Waals surface area (Å²) < 4.78 is 5.10. The Kier molecular flexibility index (Phi) is 6.56. The van der Waals surface area contributed by atoms with Gasteiger partial charge in [-0.25, -0.2) is 0 Å². The largest absolute Gasteiger partial charge is 0.497 e.